The lowest BCUT2D eigenvalue weighted by Crippen LogP contribution is -2.30. The van der Waals surface area contributed by atoms with E-state index in [0.29, 0.717) is 19.3 Å². The van der Waals surface area contributed by atoms with Crippen molar-refractivity contribution in [1.29, 1.82) is 0 Å². The van der Waals surface area contributed by atoms with Gasteiger partial charge in [0.25, 0.3) is 0 Å². The summed E-state index contributed by atoms with van der Waals surface area (Å²) in [6, 6.07) is 0. The van der Waals surface area contributed by atoms with Gasteiger partial charge in [-0.15, -0.1) is 0 Å². The van der Waals surface area contributed by atoms with Crippen molar-refractivity contribution in [1.82, 2.24) is 0 Å². The number of rotatable bonds is 37. The highest BCUT2D eigenvalue weighted by atomic mass is 16.6. The molecule has 0 aromatic rings. The largest absolute Gasteiger partial charge is 0.462 e. The number of carbonyl (C=O) groups is 3. The van der Waals surface area contributed by atoms with Crippen LogP contribution in [-0.4, -0.2) is 37.2 Å². The molecule has 0 rings (SSSR count). The van der Waals surface area contributed by atoms with E-state index in [2.05, 4.69) is 41.5 Å². The lowest BCUT2D eigenvalue weighted by Gasteiger charge is -2.18. The van der Waals surface area contributed by atoms with Gasteiger partial charge in [0.2, 0.25) is 0 Å². The predicted molar refractivity (Wildman–Crippen MR) is 210 cm³/mol. The Bertz CT molecular complexity index is 778. The quantitative estimate of drug-likeness (QED) is 0.0363. The lowest BCUT2D eigenvalue weighted by molar-refractivity contribution is -0.167. The number of ether oxygens (including phenoxy) is 3. The molecule has 0 spiro atoms. The second-order valence-corrected chi connectivity index (χ2v) is 16.2. The molecule has 296 valence electrons. The molecule has 0 aliphatic rings. The number of hydrogen-bond acceptors (Lipinski definition) is 6. The van der Waals surface area contributed by atoms with Crippen LogP contribution in [0, 0.1) is 17.8 Å². The van der Waals surface area contributed by atoms with Crippen LogP contribution in [0.5, 0.6) is 0 Å². The molecular weight excluding hydrogens is 624 g/mol. The highest BCUT2D eigenvalue weighted by Gasteiger charge is 2.19. The van der Waals surface area contributed by atoms with Crippen molar-refractivity contribution in [2.24, 2.45) is 17.8 Å². The molecule has 0 saturated heterocycles. The highest BCUT2D eigenvalue weighted by Crippen LogP contribution is 2.17. The Hall–Kier alpha value is -1.59. The van der Waals surface area contributed by atoms with Gasteiger partial charge in [-0.1, -0.05) is 189 Å². The first-order valence-corrected chi connectivity index (χ1v) is 21.6. The van der Waals surface area contributed by atoms with Crippen molar-refractivity contribution < 1.29 is 28.6 Å². The van der Waals surface area contributed by atoms with E-state index >= 15 is 0 Å². The average molecular weight is 709 g/mol. The first-order valence-electron chi connectivity index (χ1n) is 21.6. The molecule has 0 radical (unpaired) electrons. The summed E-state index contributed by atoms with van der Waals surface area (Å²) in [7, 11) is 0. The fourth-order valence-corrected chi connectivity index (χ4v) is 6.32. The second kappa shape index (κ2) is 35.8. The molecule has 0 bridgehead atoms. The first-order chi connectivity index (χ1) is 24.1. The van der Waals surface area contributed by atoms with E-state index in [1.165, 1.54) is 109 Å². The van der Waals surface area contributed by atoms with Crippen LogP contribution in [0.15, 0.2) is 0 Å². The van der Waals surface area contributed by atoms with Gasteiger partial charge in [0.15, 0.2) is 6.10 Å². The topological polar surface area (TPSA) is 78.9 Å². The zero-order valence-corrected chi connectivity index (χ0v) is 34.2. The fraction of sp³-hybridized carbons (Fsp3) is 0.932. The summed E-state index contributed by atoms with van der Waals surface area (Å²) in [4.78, 5) is 37.6. The molecule has 6 heteroatoms. The summed E-state index contributed by atoms with van der Waals surface area (Å²) in [5.41, 5.74) is 0. The van der Waals surface area contributed by atoms with Crippen LogP contribution in [0.4, 0.5) is 0 Å². The molecule has 0 fully saturated rings. The summed E-state index contributed by atoms with van der Waals surface area (Å²) in [6.07, 6.45) is 31.0. The fourth-order valence-electron chi connectivity index (χ4n) is 6.32. The van der Waals surface area contributed by atoms with Gasteiger partial charge in [0, 0.05) is 19.3 Å². The molecule has 0 aromatic heterocycles. The maximum atomic E-state index is 12.7. The van der Waals surface area contributed by atoms with E-state index in [0.717, 1.165) is 75.5 Å². The minimum absolute atomic E-state index is 0.0678. The average Bonchev–Trinajstić information content (AvgIpc) is 3.08. The molecular formula is C44H84O6. The molecule has 6 nitrogen and oxygen atoms in total. The highest BCUT2D eigenvalue weighted by molar-refractivity contribution is 5.71. The van der Waals surface area contributed by atoms with E-state index in [9.17, 15) is 14.4 Å². The Morgan fingerprint density at radius 1 is 0.400 bits per heavy atom. The minimum atomic E-state index is -0.762. The van der Waals surface area contributed by atoms with Gasteiger partial charge in [0.05, 0.1) is 0 Å². The van der Waals surface area contributed by atoms with E-state index in [-0.39, 0.29) is 31.1 Å². The molecule has 0 N–H and O–H groups in total. The minimum Gasteiger partial charge on any atom is -0.462 e. The van der Waals surface area contributed by atoms with Gasteiger partial charge in [-0.05, 0) is 37.0 Å². The normalized spacial score (nSPS) is 12.7. The van der Waals surface area contributed by atoms with Crippen molar-refractivity contribution in [2.75, 3.05) is 13.2 Å². The lowest BCUT2D eigenvalue weighted by atomic mass is 9.99. The zero-order chi connectivity index (χ0) is 37.1. The van der Waals surface area contributed by atoms with Crippen LogP contribution in [-0.2, 0) is 28.6 Å². The number of carbonyl (C=O) groups excluding carboxylic acids is 3. The number of hydrogen-bond donors (Lipinski definition) is 0. The van der Waals surface area contributed by atoms with Crippen molar-refractivity contribution in [3.05, 3.63) is 0 Å². The van der Waals surface area contributed by atoms with E-state index in [4.69, 9.17) is 14.2 Å². The van der Waals surface area contributed by atoms with Gasteiger partial charge >= 0.3 is 17.9 Å². The third kappa shape index (κ3) is 36.2. The Morgan fingerprint density at radius 2 is 0.700 bits per heavy atom. The molecule has 0 heterocycles. The Morgan fingerprint density at radius 3 is 1.04 bits per heavy atom. The van der Waals surface area contributed by atoms with E-state index < -0.39 is 6.10 Å². The van der Waals surface area contributed by atoms with Crippen LogP contribution in [0.25, 0.3) is 0 Å². The van der Waals surface area contributed by atoms with Crippen LogP contribution >= 0.6 is 0 Å². The van der Waals surface area contributed by atoms with Crippen molar-refractivity contribution in [3.8, 4) is 0 Å². The zero-order valence-electron chi connectivity index (χ0n) is 34.2. The number of unbranched alkanes of at least 4 members (excludes halogenated alkanes) is 19. The standard InChI is InChI=1S/C44H84O6/c1-7-40(6)32-26-20-13-9-11-15-23-29-35-44(47)50-41(37-49-43(46)34-28-22-17-16-19-25-31-39(4)5)36-48-42(45)33-27-21-14-10-8-12-18-24-30-38(2)3/h38-41H,7-37H2,1-6H3/t40?,41-/m1/s1. The Labute approximate surface area is 310 Å². The molecule has 2 atom stereocenters. The third-order valence-electron chi connectivity index (χ3n) is 10.0. The monoisotopic (exact) mass is 709 g/mol. The van der Waals surface area contributed by atoms with Crippen LogP contribution in [0.1, 0.15) is 228 Å². The van der Waals surface area contributed by atoms with Gasteiger partial charge < -0.3 is 14.2 Å². The van der Waals surface area contributed by atoms with Gasteiger partial charge in [-0.2, -0.15) is 0 Å². The van der Waals surface area contributed by atoms with E-state index in [1.807, 2.05) is 0 Å². The molecule has 0 aliphatic carbocycles. The summed E-state index contributed by atoms with van der Waals surface area (Å²) in [5.74, 6) is 1.53. The van der Waals surface area contributed by atoms with Crippen LogP contribution < -0.4 is 0 Å². The smallest absolute Gasteiger partial charge is 0.306 e. The summed E-state index contributed by atoms with van der Waals surface area (Å²) in [6.45, 7) is 13.6. The molecule has 0 saturated carbocycles. The molecule has 0 amide bonds. The third-order valence-corrected chi connectivity index (χ3v) is 10.0. The van der Waals surface area contributed by atoms with Crippen LogP contribution in [0.3, 0.4) is 0 Å². The molecule has 0 aromatic carbocycles. The van der Waals surface area contributed by atoms with Crippen molar-refractivity contribution >= 4 is 17.9 Å². The van der Waals surface area contributed by atoms with Crippen LogP contribution in [0.2, 0.25) is 0 Å². The Balaban J connectivity index is 4.37. The maximum absolute atomic E-state index is 12.7. The molecule has 50 heavy (non-hydrogen) atoms. The van der Waals surface area contributed by atoms with Gasteiger partial charge in [-0.3, -0.25) is 14.4 Å². The van der Waals surface area contributed by atoms with Gasteiger partial charge in [-0.25, -0.2) is 0 Å². The summed E-state index contributed by atoms with van der Waals surface area (Å²) in [5, 5.41) is 0. The van der Waals surface area contributed by atoms with E-state index in [1.54, 1.807) is 0 Å². The SMILES string of the molecule is CCC(C)CCCCCCCCCCC(=O)O[C@H](COC(=O)CCCCCCCCCCC(C)C)COC(=O)CCCCCCCCC(C)C. The molecule has 0 aliphatic heterocycles. The van der Waals surface area contributed by atoms with Crippen molar-refractivity contribution in [2.45, 2.75) is 234 Å². The predicted octanol–water partition coefficient (Wildman–Crippen LogP) is 13.3. The van der Waals surface area contributed by atoms with Gasteiger partial charge in [0.1, 0.15) is 13.2 Å². The molecule has 1 unspecified atom stereocenters. The first kappa shape index (κ1) is 48.4. The van der Waals surface area contributed by atoms with Crippen molar-refractivity contribution in [3.63, 3.8) is 0 Å². The summed E-state index contributed by atoms with van der Waals surface area (Å²) >= 11 is 0. The number of esters is 3. The summed E-state index contributed by atoms with van der Waals surface area (Å²) < 4.78 is 16.7. The maximum Gasteiger partial charge on any atom is 0.306 e. The second-order valence-electron chi connectivity index (χ2n) is 16.2. The Kier molecular flexibility index (Phi) is 34.7.